The highest BCUT2D eigenvalue weighted by atomic mass is 16.5. The minimum absolute atomic E-state index is 0.243. The van der Waals surface area contributed by atoms with E-state index in [4.69, 9.17) is 19.3 Å². The van der Waals surface area contributed by atoms with Crippen LogP contribution in [0.4, 0.5) is 0 Å². The first-order valence-corrected chi connectivity index (χ1v) is 10.4. The van der Waals surface area contributed by atoms with Gasteiger partial charge >= 0.3 is 0 Å². The molecule has 168 valence electrons. The second-order valence-electron chi connectivity index (χ2n) is 7.27. The van der Waals surface area contributed by atoms with Crippen molar-refractivity contribution in [1.29, 1.82) is 0 Å². The Morgan fingerprint density at radius 3 is 2.24 bits per heavy atom. The molecule has 1 heterocycles. The normalized spacial score (nSPS) is 10.5. The van der Waals surface area contributed by atoms with Crippen LogP contribution in [0.15, 0.2) is 79.0 Å². The number of nitrogens with zero attached hydrogens (tertiary/aromatic N) is 2. The molecule has 7 nitrogen and oxygen atoms in total. The van der Waals surface area contributed by atoms with E-state index >= 15 is 0 Å². The van der Waals surface area contributed by atoms with Crippen LogP contribution < -0.4 is 19.5 Å². The van der Waals surface area contributed by atoms with Gasteiger partial charge in [0, 0.05) is 18.3 Å². The molecule has 1 aromatic heterocycles. The van der Waals surface area contributed by atoms with Gasteiger partial charge in [-0.05, 0) is 48.0 Å². The molecule has 0 aliphatic heterocycles. The van der Waals surface area contributed by atoms with E-state index in [1.807, 2.05) is 60.7 Å². The molecule has 0 saturated heterocycles. The fraction of sp³-hybridized carbons (Fsp3) is 0.154. The summed E-state index contributed by atoms with van der Waals surface area (Å²) in [5.74, 6) is 1.76. The van der Waals surface area contributed by atoms with E-state index in [0.717, 1.165) is 17.0 Å². The summed E-state index contributed by atoms with van der Waals surface area (Å²) in [5, 5.41) is 7.73. The summed E-state index contributed by atoms with van der Waals surface area (Å²) in [5.41, 5.74) is 3.40. The van der Waals surface area contributed by atoms with Crippen LogP contribution in [0.3, 0.4) is 0 Å². The molecule has 0 radical (unpaired) electrons. The third kappa shape index (κ3) is 4.82. The van der Waals surface area contributed by atoms with Crippen LogP contribution in [-0.4, -0.2) is 37.0 Å². The van der Waals surface area contributed by atoms with Crippen molar-refractivity contribution < 1.29 is 19.0 Å². The van der Waals surface area contributed by atoms with Crippen LogP contribution in [0.5, 0.6) is 17.2 Å². The second kappa shape index (κ2) is 9.91. The van der Waals surface area contributed by atoms with Crippen molar-refractivity contribution in [2.75, 3.05) is 21.3 Å². The number of para-hydroxylation sites is 1. The Morgan fingerprint density at radius 2 is 1.58 bits per heavy atom. The van der Waals surface area contributed by atoms with Gasteiger partial charge in [-0.15, -0.1) is 0 Å². The van der Waals surface area contributed by atoms with Crippen LogP contribution in [0.1, 0.15) is 15.9 Å². The van der Waals surface area contributed by atoms with E-state index in [9.17, 15) is 4.79 Å². The van der Waals surface area contributed by atoms with Crippen molar-refractivity contribution in [3.05, 3.63) is 90.1 Å². The highest BCUT2D eigenvalue weighted by Gasteiger charge is 2.22. The number of benzene rings is 3. The summed E-state index contributed by atoms with van der Waals surface area (Å²) in [6.07, 6.45) is 1.73. The monoisotopic (exact) mass is 443 g/mol. The third-order valence-corrected chi connectivity index (χ3v) is 5.25. The fourth-order valence-corrected chi connectivity index (χ4v) is 3.47. The van der Waals surface area contributed by atoms with E-state index in [1.54, 1.807) is 44.3 Å². The van der Waals surface area contributed by atoms with Crippen LogP contribution in [0.2, 0.25) is 0 Å². The van der Waals surface area contributed by atoms with Gasteiger partial charge in [0.2, 0.25) is 0 Å². The zero-order chi connectivity index (χ0) is 23.2. The summed E-state index contributed by atoms with van der Waals surface area (Å²) < 4.78 is 17.8. The number of ether oxygens (including phenoxy) is 3. The molecule has 0 bridgehead atoms. The summed E-state index contributed by atoms with van der Waals surface area (Å²) >= 11 is 0. The van der Waals surface area contributed by atoms with E-state index in [1.165, 1.54) is 0 Å². The number of amides is 1. The van der Waals surface area contributed by atoms with Gasteiger partial charge in [-0.3, -0.25) is 4.79 Å². The lowest BCUT2D eigenvalue weighted by molar-refractivity contribution is 0.0951. The van der Waals surface area contributed by atoms with E-state index in [-0.39, 0.29) is 5.91 Å². The molecule has 1 amide bonds. The SMILES string of the molecule is COc1ccc(CNC(=O)c2cn(-c3ccccc3)nc2-c2cc(OC)ccc2OC)cc1. The Bertz CT molecular complexity index is 1230. The van der Waals surface area contributed by atoms with Gasteiger partial charge in [0.1, 0.15) is 22.9 Å². The number of nitrogens with one attached hydrogen (secondary N) is 1. The molecule has 0 unspecified atom stereocenters. The molecule has 0 fully saturated rings. The Labute approximate surface area is 192 Å². The topological polar surface area (TPSA) is 74.6 Å². The number of hydrogen-bond donors (Lipinski definition) is 1. The number of carbonyl (C=O) groups is 1. The van der Waals surface area contributed by atoms with Crippen LogP contribution in [0, 0.1) is 0 Å². The summed E-state index contributed by atoms with van der Waals surface area (Å²) in [6.45, 7) is 0.369. The molecule has 0 aliphatic rings. The Balaban J connectivity index is 1.71. The fourth-order valence-electron chi connectivity index (χ4n) is 3.47. The van der Waals surface area contributed by atoms with Crippen molar-refractivity contribution in [3.8, 4) is 34.2 Å². The van der Waals surface area contributed by atoms with Crippen molar-refractivity contribution in [3.63, 3.8) is 0 Å². The quantitative estimate of drug-likeness (QED) is 0.434. The van der Waals surface area contributed by atoms with Crippen molar-refractivity contribution in [2.24, 2.45) is 0 Å². The molecule has 4 rings (SSSR count). The highest BCUT2D eigenvalue weighted by Crippen LogP contribution is 2.35. The number of rotatable bonds is 8. The molecular weight excluding hydrogens is 418 g/mol. The Morgan fingerprint density at radius 1 is 0.879 bits per heavy atom. The molecule has 7 heteroatoms. The zero-order valence-electron chi connectivity index (χ0n) is 18.7. The van der Waals surface area contributed by atoms with Gasteiger partial charge in [0.05, 0.1) is 32.6 Å². The number of carbonyl (C=O) groups excluding carboxylic acids is 1. The number of methoxy groups -OCH3 is 3. The summed E-state index contributed by atoms with van der Waals surface area (Å²) in [7, 11) is 4.80. The zero-order valence-corrected chi connectivity index (χ0v) is 18.7. The summed E-state index contributed by atoms with van der Waals surface area (Å²) in [4.78, 5) is 13.3. The van der Waals surface area contributed by atoms with Gasteiger partial charge in [0.15, 0.2) is 0 Å². The third-order valence-electron chi connectivity index (χ3n) is 5.25. The Kier molecular flexibility index (Phi) is 6.59. The minimum atomic E-state index is -0.243. The van der Waals surface area contributed by atoms with Gasteiger partial charge in [0.25, 0.3) is 5.91 Å². The minimum Gasteiger partial charge on any atom is -0.497 e. The van der Waals surface area contributed by atoms with Gasteiger partial charge in [-0.2, -0.15) is 5.10 Å². The molecule has 0 saturated carbocycles. The summed E-state index contributed by atoms with van der Waals surface area (Å²) in [6, 6.07) is 22.6. The van der Waals surface area contributed by atoms with Gasteiger partial charge in [-0.25, -0.2) is 4.68 Å². The maximum Gasteiger partial charge on any atom is 0.255 e. The van der Waals surface area contributed by atoms with Crippen LogP contribution in [0.25, 0.3) is 16.9 Å². The molecule has 0 aliphatic carbocycles. The standard InChI is InChI=1S/C26H25N3O4/c1-31-20-11-9-18(10-12-20)16-27-26(30)23-17-29(19-7-5-4-6-8-19)28-25(23)22-15-21(32-2)13-14-24(22)33-3/h4-15,17H,16H2,1-3H3,(H,27,30). The maximum atomic E-state index is 13.3. The number of aromatic nitrogens is 2. The van der Waals surface area contributed by atoms with E-state index in [2.05, 4.69) is 5.32 Å². The van der Waals surface area contributed by atoms with Crippen molar-refractivity contribution in [2.45, 2.75) is 6.54 Å². The first-order chi connectivity index (χ1) is 16.1. The number of hydrogen-bond acceptors (Lipinski definition) is 5. The van der Waals surface area contributed by atoms with E-state index in [0.29, 0.717) is 34.9 Å². The molecule has 3 aromatic carbocycles. The molecular formula is C26H25N3O4. The van der Waals surface area contributed by atoms with E-state index < -0.39 is 0 Å². The predicted molar refractivity (Wildman–Crippen MR) is 126 cm³/mol. The van der Waals surface area contributed by atoms with Gasteiger partial charge < -0.3 is 19.5 Å². The highest BCUT2D eigenvalue weighted by molar-refractivity contribution is 6.00. The lowest BCUT2D eigenvalue weighted by Gasteiger charge is -2.11. The van der Waals surface area contributed by atoms with Crippen LogP contribution in [-0.2, 0) is 6.54 Å². The largest absolute Gasteiger partial charge is 0.497 e. The lowest BCUT2D eigenvalue weighted by Crippen LogP contribution is -2.23. The van der Waals surface area contributed by atoms with Crippen molar-refractivity contribution in [1.82, 2.24) is 15.1 Å². The Hall–Kier alpha value is -4.26. The van der Waals surface area contributed by atoms with Crippen LogP contribution >= 0.6 is 0 Å². The molecule has 0 spiro atoms. The molecule has 4 aromatic rings. The average molecular weight is 444 g/mol. The maximum absolute atomic E-state index is 13.3. The predicted octanol–water partition coefficient (Wildman–Crippen LogP) is 4.50. The first-order valence-electron chi connectivity index (χ1n) is 10.4. The second-order valence-corrected chi connectivity index (χ2v) is 7.27. The molecule has 1 N–H and O–H groups in total. The lowest BCUT2D eigenvalue weighted by atomic mass is 10.1. The smallest absolute Gasteiger partial charge is 0.255 e. The molecule has 33 heavy (non-hydrogen) atoms. The first kappa shape index (κ1) is 22.0. The average Bonchev–Trinajstić information content (AvgIpc) is 3.33. The van der Waals surface area contributed by atoms with Crippen molar-refractivity contribution >= 4 is 5.91 Å². The van der Waals surface area contributed by atoms with Gasteiger partial charge in [-0.1, -0.05) is 30.3 Å². The molecule has 0 atom stereocenters.